The van der Waals surface area contributed by atoms with Crippen molar-refractivity contribution in [2.45, 2.75) is 6.10 Å². The molecule has 1 unspecified atom stereocenters. The molecule has 4 heteroatoms. The summed E-state index contributed by atoms with van der Waals surface area (Å²) >= 11 is 5.66. The predicted molar refractivity (Wildman–Crippen MR) is 59.7 cm³/mol. The third kappa shape index (κ3) is 2.21. The molecule has 1 aromatic carbocycles. The number of hydrogen-bond acceptors (Lipinski definition) is 2. The third-order valence-corrected chi connectivity index (χ3v) is 2.47. The molecule has 0 aliphatic heterocycles. The van der Waals surface area contributed by atoms with Gasteiger partial charge in [-0.15, -0.1) is 0 Å². The number of hydrogen-bond donors (Lipinski definition) is 1. The predicted octanol–water partition coefficient (Wildman–Crippen LogP) is 2.96. The number of aliphatic hydroxyl groups excluding tert-OH is 1. The van der Waals surface area contributed by atoms with Gasteiger partial charge in [-0.3, -0.25) is 0 Å². The normalized spacial score (nSPS) is 12.4. The Morgan fingerprint density at radius 3 is 2.62 bits per heavy atom. The van der Waals surface area contributed by atoms with Crippen LogP contribution < -0.4 is 0 Å². The molecule has 1 heterocycles. The minimum Gasteiger partial charge on any atom is -0.384 e. The standard InChI is InChI=1S/C12H9ClFNO/c13-11-6-9(10(14)7-15-11)12(16)8-4-2-1-3-5-8/h1-7,12,16H. The molecule has 0 aliphatic rings. The summed E-state index contributed by atoms with van der Waals surface area (Å²) in [5, 5.41) is 10.1. The molecule has 0 spiro atoms. The molecule has 2 nitrogen and oxygen atoms in total. The van der Waals surface area contributed by atoms with Crippen LogP contribution in [0.3, 0.4) is 0 Å². The quantitative estimate of drug-likeness (QED) is 0.815. The minimum atomic E-state index is -1.03. The lowest BCUT2D eigenvalue weighted by atomic mass is 10.0. The molecule has 16 heavy (non-hydrogen) atoms. The summed E-state index contributed by atoms with van der Waals surface area (Å²) in [6.07, 6.45) is -0.0224. The monoisotopic (exact) mass is 237 g/mol. The Hall–Kier alpha value is -1.45. The van der Waals surface area contributed by atoms with Crippen LogP contribution in [0.15, 0.2) is 42.6 Å². The first kappa shape index (κ1) is 11.0. The molecule has 0 bridgehead atoms. The van der Waals surface area contributed by atoms with E-state index in [9.17, 15) is 9.50 Å². The summed E-state index contributed by atoms with van der Waals surface area (Å²) in [6, 6.07) is 10.1. The maximum atomic E-state index is 13.4. The highest BCUT2D eigenvalue weighted by atomic mass is 35.5. The molecule has 1 aromatic heterocycles. The van der Waals surface area contributed by atoms with E-state index >= 15 is 0 Å². The fraction of sp³-hybridized carbons (Fsp3) is 0.0833. The number of rotatable bonds is 2. The zero-order valence-electron chi connectivity index (χ0n) is 8.27. The van der Waals surface area contributed by atoms with Gasteiger partial charge < -0.3 is 5.11 Å². The fourth-order valence-corrected chi connectivity index (χ4v) is 1.62. The maximum Gasteiger partial charge on any atom is 0.147 e. The van der Waals surface area contributed by atoms with Crippen LogP contribution in [0.25, 0.3) is 0 Å². The van der Waals surface area contributed by atoms with E-state index in [0.29, 0.717) is 5.56 Å². The molecular formula is C12H9ClFNO. The van der Waals surface area contributed by atoms with Crippen molar-refractivity contribution in [2.24, 2.45) is 0 Å². The van der Waals surface area contributed by atoms with E-state index in [4.69, 9.17) is 11.6 Å². The molecule has 1 N–H and O–H groups in total. The molecule has 0 radical (unpaired) electrons. The second-order valence-electron chi connectivity index (χ2n) is 3.34. The average Bonchev–Trinajstić information content (AvgIpc) is 2.32. The van der Waals surface area contributed by atoms with Crippen molar-refractivity contribution < 1.29 is 9.50 Å². The molecule has 0 aliphatic carbocycles. The first-order valence-electron chi connectivity index (χ1n) is 4.72. The van der Waals surface area contributed by atoms with Crippen LogP contribution in [-0.2, 0) is 0 Å². The molecule has 0 amide bonds. The topological polar surface area (TPSA) is 33.1 Å². The number of nitrogens with zero attached hydrogens (tertiary/aromatic N) is 1. The maximum absolute atomic E-state index is 13.4. The van der Waals surface area contributed by atoms with Crippen molar-refractivity contribution in [1.29, 1.82) is 0 Å². The number of aliphatic hydroxyl groups is 1. The molecular weight excluding hydrogens is 229 g/mol. The van der Waals surface area contributed by atoms with Crippen LogP contribution >= 0.6 is 11.6 Å². The van der Waals surface area contributed by atoms with Gasteiger partial charge in [-0.25, -0.2) is 9.37 Å². The Morgan fingerprint density at radius 1 is 1.25 bits per heavy atom. The third-order valence-electron chi connectivity index (χ3n) is 2.26. The molecule has 0 saturated heterocycles. The van der Waals surface area contributed by atoms with Gasteiger partial charge in [-0.1, -0.05) is 41.9 Å². The highest BCUT2D eigenvalue weighted by Gasteiger charge is 2.15. The molecule has 2 rings (SSSR count). The lowest BCUT2D eigenvalue weighted by molar-refractivity contribution is 0.214. The van der Waals surface area contributed by atoms with Gasteiger partial charge in [0.1, 0.15) is 17.1 Å². The van der Waals surface area contributed by atoms with Gasteiger partial charge in [-0.2, -0.15) is 0 Å². The van der Waals surface area contributed by atoms with Crippen molar-refractivity contribution in [2.75, 3.05) is 0 Å². The Labute approximate surface area is 97.3 Å². The SMILES string of the molecule is OC(c1ccccc1)c1cc(Cl)ncc1F. The zero-order valence-corrected chi connectivity index (χ0v) is 9.03. The van der Waals surface area contributed by atoms with Crippen molar-refractivity contribution in [3.8, 4) is 0 Å². The first-order valence-corrected chi connectivity index (χ1v) is 5.10. The number of aromatic nitrogens is 1. The van der Waals surface area contributed by atoms with E-state index in [1.165, 1.54) is 6.07 Å². The summed E-state index contributed by atoms with van der Waals surface area (Å²) in [7, 11) is 0. The lowest BCUT2D eigenvalue weighted by Crippen LogP contribution is -2.03. The van der Waals surface area contributed by atoms with Crippen molar-refractivity contribution in [3.05, 3.63) is 64.7 Å². The largest absolute Gasteiger partial charge is 0.384 e. The van der Waals surface area contributed by atoms with E-state index in [2.05, 4.69) is 4.98 Å². The van der Waals surface area contributed by atoms with Gasteiger partial charge in [0, 0.05) is 5.56 Å². The first-order chi connectivity index (χ1) is 7.68. The number of pyridine rings is 1. The van der Waals surface area contributed by atoms with E-state index in [-0.39, 0.29) is 10.7 Å². The lowest BCUT2D eigenvalue weighted by Gasteiger charge is -2.12. The van der Waals surface area contributed by atoms with Crippen LogP contribution in [0.5, 0.6) is 0 Å². The van der Waals surface area contributed by atoms with E-state index < -0.39 is 11.9 Å². The van der Waals surface area contributed by atoms with Crippen molar-refractivity contribution in [1.82, 2.24) is 4.98 Å². The van der Waals surface area contributed by atoms with Crippen LogP contribution in [0.4, 0.5) is 4.39 Å². The Balaban J connectivity index is 2.41. The van der Waals surface area contributed by atoms with Crippen LogP contribution in [0, 0.1) is 5.82 Å². The molecule has 0 fully saturated rings. The smallest absolute Gasteiger partial charge is 0.147 e. The number of halogens is 2. The van der Waals surface area contributed by atoms with Gasteiger partial charge in [0.2, 0.25) is 0 Å². The van der Waals surface area contributed by atoms with E-state index in [0.717, 1.165) is 6.20 Å². The summed E-state index contributed by atoms with van der Waals surface area (Å²) < 4.78 is 13.4. The van der Waals surface area contributed by atoms with E-state index in [1.54, 1.807) is 24.3 Å². The van der Waals surface area contributed by atoms with Crippen molar-refractivity contribution in [3.63, 3.8) is 0 Å². The van der Waals surface area contributed by atoms with Gasteiger partial charge >= 0.3 is 0 Å². The van der Waals surface area contributed by atoms with Gasteiger partial charge in [0.25, 0.3) is 0 Å². The van der Waals surface area contributed by atoms with Crippen LogP contribution in [0.2, 0.25) is 5.15 Å². The average molecular weight is 238 g/mol. The molecule has 0 saturated carbocycles. The summed E-state index contributed by atoms with van der Waals surface area (Å²) in [5.41, 5.74) is 0.745. The van der Waals surface area contributed by atoms with Gasteiger partial charge in [-0.05, 0) is 11.6 Å². The Morgan fingerprint density at radius 2 is 1.94 bits per heavy atom. The highest BCUT2D eigenvalue weighted by Crippen LogP contribution is 2.25. The summed E-state index contributed by atoms with van der Waals surface area (Å²) in [4.78, 5) is 3.59. The van der Waals surface area contributed by atoms with Gasteiger partial charge in [0.05, 0.1) is 6.20 Å². The highest BCUT2D eigenvalue weighted by molar-refractivity contribution is 6.29. The Bertz CT molecular complexity index is 490. The van der Waals surface area contributed by atoms with Crippen LogP contribution in [0.1, 0.15) is 17.2 Å². The molecule has 2 aromatic rings. The minimum absolute atomic E-state index is 0.131. The second-order valence-corrected chi connectivity index (χ2v) is 3.73. The Kier molecular flexibility index (Phi) is 3.17. The van der Waals surface area contributed by atoms with E-state index in [1.807, 2.05) is 6.07 Å². The van der Waals surface area contributed by atoms with Crippen LogP contribution in [-0.4, -0.2) is 10.1 Å². The molecule has 1 atom stereocenters. The summed E-state index contributed by atoms with van der Waals surface area (Å²) in [6.45, 7) is 0. The van der Waals surface area contributed by atoms with Gasteiger partial charge in [0.15, 0.2) is 0 Å². The zero-order chi connectivity index (χ0) is 11.5. The number of benzene rings is 1. The second kappa shape index (κ2) is 4.60. The van der Waals surface area contributed by atoms with Crippen molar-refractivity contribution >= 4 is 11.6 Å². The molecule has 82 valence electrons. The summed E-state index contributed by atoms with van der Waals surface area (Å²) in [5.74, 6) is -0.569. The fourth-order valence-electron chi connectivity index (χ4n) is 1.45.